The van der Waals surface area contributed by atoms with Gasteiger partial charge < -0.3 is 14.9 Å². The number of carbonyl (C=O) groups is 1. The Hall–Kier alpha value is -0.890. The van der Waals surface area contributed by atoms with Gasteiger partial charge in [-0.25, -0.2) is 0 Å². The SMILES string of the molecule is O=C(CCn1c(=S)[nH]c2cc(I)ccc21)NC1CC1. The molecule has 0 spiro atoms. The fraction of sp³-hybridized carbons (Fsp3) is 0.385. The summed E-state index contributed by atoms with van der Waals surface area (Å²) in [5, 5.41) is 3.00. The Morgan fingerprint density at radius 3 is 3.05 bits per heavy atom. The summed E-state index contributed by atoms with van der Waals surface area (Å²) in [6.45, 7) is 0.623. The molecule has 0 unspecified atom stereocenters. The highest BCUT2D eigenvalue weighted by molar-refractivity contribution is 14.1. The summed E-state index contributed by atoms with van der Waals surface area (Å²) in [7, 11) is 0. The second kappa shape index (κ2) is 5.24. The van der Waals surface area contributed by atoms with E-state index in [1.165, 1.54) is 3.57 Å². The van der Waals surface area contributed by atoms with Crippen LogP contribution in [0.5, 0.6) is 0 Å². The van der Waals surface area contributed by atoms with E-state index in [2.05, 4.69) is 39.0 Å². The van der Waals surface area contributed by atoms with Crippen LogP contribution in [0, 0.1) is 8.34 Å². The molecule has 0 aliphatic heterocycles. The number of hydrogen-bond donors (Lipinski definition) is 2. The summed E-state index contributed by atoms with van der Waals surface area (Å²) in [6, 6.07) is 6.58. The Balaban J connectivity index is 1.78. The van der Waals surface area contributed by atoms with Gasteiger partial charge in [-0.2, -0.15) is 0 Å². The topological polar surface area (TPSA) is 49.8 Å². The van der Waals surface area contributed by atoms with Crippen LogP contribution in [0.15, 0.2) is 18.2 Å². The van der Waals surface area contributed by atoms with E-state index in [-0.39, 0.29) is 5.91 Å². The minimum absolute atomic E-state index is 0.115. The van der Waals surface area contributed by atoms with Crippen molar-refractivity contribution in [3.05, 3.63) is 26.5 Å². The zero-order valence-corrected chi connectivity index (χ0v) is 13.3. The number of rotatable bonds is 4. The summed E-state index contributed by atoms with van der Waals surface area (Å²) in [6.07, 6.45) is 2.72. The Bertz CT molecular complexity index is 687. The molecule has 1 saturated carbocycles. The maximum atomic E-state index is 11.7. The fourth-order valence-corrected chi connectivity index (χ4v) is 2.89. The van der Waals surface area contributed by atoms with Crippen molar-refractivity contribution >= 4 is 51.7 Å². The highest BCUT2D eigenvalue weighted by Crippen LogP contribution is 2.20. The van der Waals surface area contributed by atoms with Gasteiger partial charge in [-0.15, -0.1) is 0 Å². The number of nitrogens with one attached hydrogen (secondary N) is 2. The summed E-state index contributed by atoms with van der Waals surface area (Å²) in [5.41, 5.74) is 2.09. The summed E-state index contributed by atoms with van der Waals surface area (Å²) < 4.78 is 3.84. The standard InChI is InChI=1S/C13H14IN3OS/c14-8-1-4-11-10(7-8)16-13(19)17(11)6-5-12(18)15-9-2-3-9/h1,4,7,9H,2-3,5-6H2,(H,15,18)(H,16,19). The molecular weight excluding hydrogens is 373 g/mol. The Morgan fingerprint density at radius 2 is 2.32 bits per heavy atom. The Morgan fingerprint density at radius 1 is 1.53 bits per heavy atom. The van der Waals surface area contributed by atoms with Crippen molar-refractivity contribution in [2.75, 3.05) is 0 Å². The van der Waals surface area contributed by atoms with Crippen LogP contribution in [0.25, 0.3) is 11.0 Å². The number of aromatic amines is 1. The molecule has 0 radical (unpaired) electrons. The number of H-pyrrole nitrogens is 1. The molecule has 1 fully saturated rings. The molecule has 0 bridgehead atoms. The van der Waals surface area contributed by atoms with E-state index < -0.39 is 0 Å². The highest BCUT2D eigenvalue weighted by atomic mass is 127. The monoisotopic (exact) mass is 387 g/mol. The molecule has 1 aliphatic carbocycles. The number of imidazole rings is 1. The molecule has 100 valence electrons. The highest BCUT2D eigenvalue weighted by Gasteiger charge is 2.22. The van der Waals surface area contributed by atoms with Gasteiger partial charge in [0.2, 0.25) is 5.91 Å². The van der Waals surface area contributed by atoms with Crippen LogP contribution in [-0.4, -0.2) is 21.5 Å². The first kappa shape index (κ1) is 13.1. The molecule has 1 amide bonds. The third kappa shape index (κ3) is 3.00. The summed E-state index contributed by atoms with van der Waals surface area (Å²) >= 11 is 7.60. The maximum absolute atomic E-state index is 11.7. The predicted octanol–water partition coefficient (Wildman–Crippen LogP) is 2.97. The van der Waals surface area contributed by atoms with Crippen molar-refractivity contribution in [3.63, 3.8) is 0 Å². The molecule has 3 rings (SSSR count). The Labute approximate surface area is 129 Å². The van der Waals surface area contributed by atoms with Crippen LogP contribution in [0.3, 0.4) is 0 Å². The number of benzene rings is 1. The van der Waals surface area contributed by atoms with Crippen molar-refractivity contribution in [1.29, 1.82) is 0 Å². The predicted molar refractivity (Wildman–Crippen MR) is 85.6 cm³/mol. The van der Waals surface area contributed by atoms with Crippen LogP contribution in [0.2, 0.25) is 0 Å². The fourth-order valence-electron chi connectivity index (χ4n) is 2.10. The smallest absolute Gasteiger partial charge is 0.222 e. The number of nitrogens with zero attached hydrogens (tertiary/aromatic N) is 1. The van der Waals surface area contributed by atoms with Gasteiger partial charge in [0, 0.05) is 22.6 Å². The van der Waals surface area contributed by atoms with E-state index in [0.29, 0.717) is 23.8 Å². The second-order valence-electron chi connectivity index (χ2n) is 4.84. The van der Waals surface area contributed by atoms with Gasteiger partial charge >= 0.3 is 0 Å². The van der Waals surface area contributed by atoms with Crippen LogP contribution >= 0.6 is 34.8 Å². The van der Waals surface area contributed by atoms with Crippen molar-refractivity contribution < 1.29 is 4.79 Å². The lowest BCUT2D eigenvalue weighted by Gasteiger charge is -2.05. The van der Waals surface area contributed by atoms with Crippen molar-refractivity contribution in [1.82, 2.24) is 14.9 Å². The number of fused-ring (bicyclic) bond motifs is 1. The van der Waals surface area contributed by atoms with E-state index >= 15 is 0 Å². The molecule has 1 aliphatic rings. The molecule has 1 heterocycles. The summed E-state index contributed by atoms with van der Waals surface area (Å²) in [4.78, 5) is 14.9. The van der Waals surface area contributed by atoms with E-state index in [9.17, 15) is 4.79 Å². The molecule has 1 aromatic heterocycles. The first-order chi connectivity index (χ1) is 9.13. The third-order valence-electron chi connectivity index (χ3n) is 3.24. The van der Waals surface area contributed by atoms with Gasteiger partial charge in [0.1, 0.15) is 0 Å². The molecule has 0 atom stereocenters. The van der Waals surface area contributed by atoms with Gasteiger partial charge in [0.15, 0.2) is 4.77 Å². The molecule has 2 N–H and O–H groups in total. The Kier molecular flexibility index (Phi) is 3.62. The molecular formula is C13H14IN3OS. The zero-order valence-electron chi connectivity index (χ0n) is 10.3. The summed E-state index contributed by atoms with van der Waals surface area (Å²) in [5.74, 6) is 0.115. The number of aromatic nitrogens is 2. The van der Waals surface area contributed by atoms with Crippen LogP contribution < -0.4 is 5.32 Å². The molecule has 19 heavy (non-hydrogen) atoms. The number of amides is 1. The largest absolute Gasteiger partial charge is 0.353 e. The lowest BCUT2D eigenvalue weighted by atomic mass is 10.3. The average Bonchev–Trinajstić information content (AvgIpc) is 3.10. The van der Waals surface area contributed by atoms with Crippen molar-refractivity contribution in [3.8, 4) is 0 Å². The molecule has 2 aromatic rings. The van der Waals surface area contributed by atoms with Gasteiger partial charge in [-0.1, -0.05) is 0 Å². The minimum Gasteiger partial charge on any atom is -0.353 e. The van der Waals surface area contributed by atoms with E-state index in [4.69, 9.17) is 12.2 Å². The molecule has 6 heteroatoms. The quantitative estimate of drug-likeness (QED) is 0.626. The normalized spacial score (nSPS) is 14.8. The van der Waals surface area contributed by atoms with Gasteiger partial charge in [-0.05, 0) is 65.8 Å². The zero-order chi connectivity index (χ0) is 13.4. The van der Waals surface area contributed by atoms with E-state index in [0.717, 1.165) is 23.9 Å². The van der Waals surface area contributed by atoms with E-state index in [1.54, 1.807) is 0 Å². The van der Waals surface area contributed by atoms with Crippen LogP contribution in [0.4, 0.5) is 0 Å². The van der Waals surface area contributed by atoms with Gasteiger partial charge in [-0.3, -0.25) is 4.79 Å². The average molecular weight is 387 g/mol. The maximum Gasteiger partial charge on any atom is 0.222 e. The lowest BCUT2D eigenvalue weighted by Crippen LogP contribution is -2.26. The minimum atomic E-state index is 0.115. The molecule has 1 aromatic carbocycles. The number of aryl methyl sites for hydroxylation is 1. The van der Waals surface area contributed by atoms with E-state index in [1.807, 2.05) is 16.7 Å². The van der Waals surface area contributed by atoms with Crippen LogP contribution in [0.1, 0.15) is 19.3 Å². The van der Waals surface area contributed by atoms with Gasteiger partial charge in [0.25, 0.3) is 0 Å². The first-order valence-corrected chi connectivity index (χ1v) is 7.79. The van der Waals surface area contributed by atoms with Gasteiger partial charge in [0.05, 0.1) is 11.0 Å². The number of hydrogen-bond acceptors (Lipinski definition) is 2. The van der Waals surface area contributed by atoms with Crippen LogP contribution in [-0.2, 0) is 11.3 Å². The number of carbonyl (C=O) groups excluding carboxylic acids is 1. The molecule has 4 nitrogen and oxygen atoms in total. The molecule has 0 saturated heterocycles. The van der Waals surface area contributed by atoms with Crippen molar-refractivity contribution in [2.45, 2.75) is 31.8 Å². The number of halogens is 1. The third-order valence-corrected chi connectivity index (χ3v) is 4.23. The second-order valence-corrected chi connectivity index (χ2v) is 6.47. The lowest BCUT2D eigenvalue weighted by molar-refractivity contribution is -0.121. The first-order valence-electron chi connectivity index (χ1n) is 6.31. The van der Waals surface area contributed by atoms with Crippen molar-refractivity contribution in [2.24, 2.45) is 0 Å².